The molecule has 0 fully saturated rings. The number of benzene rings is 2. The average Bonchev–Trinajstić information content (AvgIpc) is 2.93. The van der Waals surface area contributed by atoms with Crippen LogP contribution in [0.1, 0.15) is 22.3 Å². The van der Waals surface area contributed by atoms with E-state index in [-0.39, 0.29) is 28.6 Å². The van der Waals surface area contributed by atoms with Crippen LogP contribution in [-0.4, -0.2) is 48.1 Å². The molecule has 1 aliphatic rings. The smallest absolute Gasteiger partial charge is 0.232 e. The van der Waals surface area contributed by atoms with Crippen molar-refractivity contribution in [3.8, 4) is 23.0 Å². The van der Waals surface area contributed by atoms with Crippen LogP contribution in [0.15, 0.2) is 42.2 Å². The minimum atomic E-state index is -0.430. The third-order valence-corrected chi connectivity index (χ3v) is 3.99. The minimum absolute atomic E-state index is 0.0119. The molecule has 1 heterocycles. The fraction of sp³-hybridized carbons (Fsp3) is 0.250. The molecule has 2 aromatic rings. The van der Waals surface area contributed by atoms with Crippen molar-refractivity contribution < 1.29 is 24.5 Å². The Balaban J connectivity index is 1.67. The van der Waals surface area contributed by atoms with E-state index in [0.717, 1.165) is 24.3 Å². The summed E-state index contributed by atoms with van der Waals surface area (Å²) in [5, 5.41) is 19.3. The molecule has 6 heteroatoms. The molecule has 0 atom stereocenters. The number of ketones is 1. The Morgan fingerprint density at radius 3 is 2.54 bits per heavy atom. The fourth-order valence-electron chi connectivity index (χ4n) is 2.61. The first kappa shape index (κ1) is 17.8. The van der Waals surface area contributed by atoms with E-state index in [1.165, 1.54) is 12.1 Å². The molecule has 0 bridgehead atoms. The zero-order valence-electron chi connectivity index (χ0n) is 14.7. The molecule has 0 spiro atoms. The summed E-state index contributed by atoms with van der Waals surface area (Å²) in [4.78, 5) is 14.5. The molecule has 2 N–H and O–H groups in total. The first-order chi connectivity index (χ1) is 12.5. The van der Waals surface area contributed by atoms with Gasteiger partial charge in [-0.15, -0.1) is 0 Å². The molecule has 0 aromatic heterocycles. The number of carbonyl (C=O) groups excluding carboxylic acids is 1. The standard InChI is InChI=1S/C20H21NO5/c1-21(2)10-3-11-25-14-6-4-13(5-7-14)12-17-18(23)15-8-9-16(22)19(24)20(15)26-17/h4-9,12,22,24H,3,10-11H2,1-2H3/b17-12-. The lowest BCUT2D eigenvalue weighted by Crippen LogP contribution is -2.15. The van der Waals surface area contributed by atoms with Gasteiger partial charge in [0.05, 0.1) is 12.2 Å². The Labute approximate surface area is 151 Å². The summed E-state index contributed by atoms with van der Waals surface area (Å²) in [5.41, 5.74) is 0.998. The summed E-state index contributed by atoms with van der Waals surface area (Å²) in [6.45, 7) is 1.60. The van der Waals surface area contributed by atoms with Crippen LogP contribution in [0.3, 0.4) is 0 Å². The Bertz CT molecular complexity index is 840. The Morgan fingerprint density at radius 2 is 1.85 bits per heavy atom. The summed E-state index contributed by atoms with van der Waals surface area (Å²) in [5.74, 6) is -0.244. The van der Waals surface area contributed by atoms with Crippen molar-refractivity contribution in [2.75, 3.05) is 27.2 Å². The quantitative estimate of drug-likeness (QED) is 0.471. The van der Waals surface area contributed by atoms with Gasteiger partial charge < -0.3 is 24.6 Å². The van der Waals surface area contributed by atoms with Gasteiger partial charge in [-0.05, 0) is 56.4 Å². The highest BCUT2D eigenvalue weighted by Gasteiger charge is 2.31. The van der Waals surface area contributed by atoms with Crippen molar-refractivity contribution in [1.29, 1.82) is 0 Å². The highest BCUT2D eigenvalue weighted by atomic mass is 16.5. The zero-order chi connectivity index (χ0) is 18.7. The topological polar surface area (TPSA) is 79.2 Å². The first-order valence-corrected chi connectivity index (χ1v) is 8.32. The van der Waals surface area contributed by atoms with Gasteiger partial charge in [-0.1, -0.05) is 12.1 Å². The number of rotatable bonds is 6. The van der Waals surface area contributed by atoms with Gasteiger partial charge in [-0.3, -0.25) is 4.79 Å². The number of hydrogen-bond acceptors (Lipinski definition) is 6. The third kappa shape index (κ3) is 3.81. The average molecular weight is 355 g/mol. The number of fused-ring (bicyclic) bond motifs is 1. The molecule has 6 nitrogen and oxygen atoms in total. The number of ether oxygens (including phenoxy) is 2. The molecule has 0 unspecified atom stereocenters. The molecule has 2 aromatic carbocycles. The summed E-state index contributed by atoms with van der Waals surface area (Å²) < 4.78 is 11.1. The van der Waals surface area contributed by atoms with E-state index in [1.807, 2.05) is 38.4 Å². The number of phenolic OH excluding ortho intramolecular Hbond substituents is 2. The van der Waals surface area contributed by atoms with Gasteiger partial charge in [0, 0.05) is 6.54 Å². The van der Waals surface area contributed by atoms with Crippen LogP contribution in [0.25, 0.3) is 6.08 Å². The highest BCUT2D eigenvalue weighted by molar-refractivity contribution is 6.15. The number of aromatic hydroxyl groups is 2. The van der Waals surface area contributed by atoms with Gasteiger partial charge >= 0.3 is 0 Å². The Kier molecular flexibility index (Phi) is 5.14. The molecule has 26 heavy (non-hydrogen) atoms. The lowest BCUT2D eigenvalue weighted by Gasteiger charge is -2.10. The Hall–Kier alpha value is -2.99. The van der Waals surface area contributed by atoms with E-state index in [1.54, 1.807) is 6.08 Å². The van der Waals surface area contributed by atoms with Crippen molar-refractivity contribution in [2.45, 2.75) is 6.42 Å². The summed E-state index contributed by atoms with van der Waals surface area (Å²) in [6.07, 6.45) is 2.53. The molecule has 0 saturated carbocycles. The number of carbonyl (C=O) groups is 1. The second-order valence-corrected chi connectivity index (χ2v) is 6.32. The lowest BCUT2D eigenvalue weighted by atomic mass is 10.1. The highest BCUT2D eigenvalue weighted by Crippen LogP contribution is 2.44. The number of phenols is 2. The maximum Gasteiger partial charge on any atom is 0.232 e. The number of hydrogen-bond donors (Lipinski definition) is 2. The number of nitrogens with zero attached hydrogens (tertiary/aromatic N) is 1. The third-order valence-electron chi connectivity index (χ3n) is 3.99. The molecule has 0 amide bonds. The van der Waals surface area contributed by atoms with Crippen LogP contribution in [-0.2, 0) is 0 Å². The largest absolute Gasteiger partial charge is 0.504 e. The van der Waals surface area contributed by atoms with Crippen LogP contribution in [0, 0.1) is 0 Å². The maximum absolute atomic E-state index is 12.3. The fourth-order valence-corrected chi connectivity index (χ4v) is 2.61. The molecule has 0 radical (unpaired) electrons. The predicted molar refractivity (Wildman–Crippen MR) is 97.8 cm³/mol. The lowest BCUT2D eigenvalue weighted by molar-refractivity contribution is 0.101. The van der Waals surface area contributed by atoms with Gasteiger partial charge in [-0.25, -0.2) is 0 Å². The second-order valence-electron chi connectivity index (χ2n) is 6.32. The monoisotopic (exact) mass is 355 g/mol. The molecule has 0 aliphatic carbocycles. The number of Topliss-reactive ketones (excluding diaryl/α,β-unsaturated/α-hetero) is 1. The number of allylic oxidation sites excluding steroid dienone is 1. The van der Waals surface area contributed by atoms with Crippen LogP contribution >= 0.6 is 0 Å². The molecule has 1 aliphatic heterocycles. The van der Waals surface area contributed by atoms with Crippen molar-refractivity contribution in [3.05, 3.63) is 53.3 Å². The summed E-state index contributed by atoms with van der Waals surface area (Å²) >= 11 is 0. The SMILES string of the molecule is CN(C)CCCOc1ccc(/C=C2\Oc3c(ccc(O)c3O)C2=O)cc1. The van der Waals surface area contributed by atoms with Crippen molar-refractivity contribution in [2.24, 2.45) is 0 Å². The second kappa shape index (κ2) is 7.49. The van der Waals surface area contributed by atoms with Gasteiger partial charge in [0.1, 0.15) is 5.75 Å². The summed E-state index contributed by atoms with van der Waals surface area (Å²) in [6, 6.07) is 10.0. The van der Waals surface area contributed by atoms with Gasteiger partial charge in [0.2, 0.25) is 11.5 Å². The molecule has 3 rings (SSSR count). The zero-order valence-corrected chi connectivity index (χ0v) is 14.7. The van der Waals surface area contributed by atoms with E-state index < -0.39 is 5.75 Å². The van der Waals surface area contributed by atoms with Gasteiger partial charge in [-0.2, -0.15) is 0 Å². The molecular weight excluding hydrogens is 334 g/mol. The van der Waals surface area contributed by atoms with E-state index in [0.29, 0.717) is 6.61 Å². The van der Waals surface area contributed by atoms with Gasteiger partial charge in [0.15, 0.2) is 17.3 Å². The summed E-state index contributed by atoms with van der Waals surface area (Å²) in [7, 11) is 4.04. The van der Waals surface area contributed by atoms with Crippen molar-refractivity contribution in [1.82, 2.24) is 4.90 Å². The normalized spacial score (nSPS) is 14.6. The van der Waals surface area contributed by atoms with Gasteiger partial charge in [0.25, 0.3) is 0 Å². The van der Waals surface area contributed by atoms with Crippen LogP contribution < -0.4 is 9.47 Å². The van der Waals surface area contributed by atoms with Crippen molar-refractivity contribution in [3.63, 3.8) is 0 Å². The Morgan fingerprint density at radius 1 is 1.12 bits per heavy atom. The maximum atomic E-state index is 12.3. The van der Waals surface area contributed by atoms with Crippen LogP contribution in [0.5, 0.6) is 23.0 Å². The van der Waals surface area contributed by atoms with E-state index >= 15 is 0 Å². The van der Waals surface area contributed by atoms with Crippen LogP contribution in [0.2, 0.25) is 0 Å². The van der Waals surface area contributed by atoms with E-state index in [4.69, 9.17) is 9.47 Å². The van der Waals surface area contributed by atoms with E-state index in [2.05, 4.69) is 4.90 Å². The first-order valence-electron chi connectivity index (χ1n) is 8.32. The molecule has 136 valence electrons. The minimum Gasteiger partial charge on any atom is -0.504 e. The van der Waals surface area contributed by atoms with Crippen LogP contribution in [0.4, 0.5) is 0 Å². The van der Waals surface area contributed by atoms with Crippen molar-refractivity contribution >= 4 is 11.9 Å². The van der Waals surface area contributed by atoms with E-state index in [9.17, 15) is 15.0 Å². The predicted octanol–water partition coefficient (Wildman–Crippen LogP) is 3.04. The molecule has 0 saturated heterocycles. The molecular formula is C20H21NO5.